The van der Waals surface area contributed by atoms with E-state index < -0.39 is 29.8 Å². The molecule has 0 aliphatic carbocycles. The zero-order valence-electron chi connectivity index (χ0n) is 16.1. The molecule has 2 aromatic heterocycles. The Labute approximate surface area is 165 Å². The monoisotopic (exact) mass is 419 g/mol. The molecule has 6 nitrogen and oxygen atoms in total. The lowest BCUT2D eigenvalue weighted by Crippen LogP contribution is -2.37. The summed E-state index contributed by atoms with van der Waals surface area (Å²) in [6.07, 6.45) is -2.94. The van der Waals surface area contributed by atoms with Crippen LogP contribution in [0.3, 0.4) is 0 Å². The smallest absolute Gasteiger partial charge is 0.397 e. The third-order valence-electron chi connectivity index (χ3n) is 3.60. The van der Waals surface area contributed by atoms with Crippen molar-refractivity contribution in [2.24, 2.45) is 5.41 Å². The molecule has 10 heteroatoms. The number of halogens is 4. The second-order valence-electron chi connectivity index (χ2n) is 7.78. The van der Waals surface area contributed by atoms with Crippen LogP contribution in [0.2, 0.25) is 5.15 Å². The first-order chi connectivity index (χ1) is 12.7. The zero-order valence-corrected chi connectivity index (χ0v) is 16.9. The number of nitrogens with zero attached hydrogens (tertiary/aromatic N) is 3. The average molecular weight is 420 g/mol. The predicted octanol–water partition coefficient (Wildman–Crippen LogP) is 4.84. The molecule has 0 aromatic carbocycles. The SMILES string of the molecule is CC(C)(C)OC(=O)c1ccc(-n2ccc(OCC(C)(C)C(F)(F)F)n2)nc1Cl. The first-order valence-electron chi connectivity index (χ1n) is 8.35. The van der Waals surface area contributed by atoms with Gasteiger partial charge in [0.1, 0.15) is 17.4 Å². The Morgan fingerprint density at radius 2 is 1.79 bits per heavy atom. The minimum Gasteiger partial charge on any atom is -0.476 e. The second-order valence-corrected chi connectivity index (χ2v) is 8.14. The third-order valence-corrected chi connectivity index (χ3v) is 3.89. The number of ether oxygens (including phenoxy) is 2. The molecule has 2 aromatic rings. The number of hydrogen-bond donors (Lipinski definition) is 0. The van der Waals surface area contributed by atoms with Crippen LogP contribution in [0.5, 0.6) is 5.88 Å². The fourth-order valence-electron chi connectivity index (χ4n) is 1.89. The Bertz CT molecular complexity index is 858. The lowest BCUT2D eigenvalue weighted by Gasteiger charge is -2.26. The van der Waals surface area contributed by atoms with Crippen LogP contribution in [0.25, 0.3) is 5.82 Å². The largest absolute Gasteiger partial charge is 0.476 e. The van der Waals surface area contributed by atoms with Gasteiger partial charge < -0.3 is 9.47 Å². The Morgan fingerprint density at radius 1 is 1.14 bits per heavy atom. The quantitative estimate of drug-likeness (QED) is 0.512. The Balaban J connectivity index is 2.13. The summed E-state index contributed by atoms with van der Waals surface area (Å²) in [6.45, 7) is 6.69. The molecule has 0 spiro atoms. The number of carbonyl (C=O) groups excluding carboxylic acids is 1. The van der Waals surface area contributed by atoms with Gasteiger partial charge in [-0.2, -0.15) is 13.2 Å². The summed E-state index contributed by atoms with van der Waals surface area (Å²) in [5.74, 6) is -0.343. The van der Waals surface area contributed by atoms with Gasteiger partial charge in [0.15, 0.2) is 5.82 Å². The molecule has 0 saturated carbocycles. The van der Waals surface area contributed by atoms with Crippen LogP contribution < -0.4 is 4.74 Å². The van der Waals surface area contributed by atoms with Crippen LogP contribution in [-0.4, -0.2) is 39.1 Å². The number of aromatic nitrogens is 3. The first-order valence-corrected chi connectivity index (χ1v) is 8.73. The van der Waals surface area contributed by atoms with E-state index in [0.717, 1.165) is 13.8 Å². The summed E-state index contributed by atoms with van der Waals surface area (Å²) in [4.78, 5) is 16.2. The van der Waals surface area contributed by atoms with Crippen LogP contribution in [0.1, 0.15) is 45.0 Å². The molecule has 28 heavy (non-hydrogen) atoms. The number of carbonyl (C=O) groups is 1. The van der Waals surface area contributed by atoms with E-state index in [2.05, 4.69) is 10.1 Å². The summed E-state index contributed by atoms with van der Waals surface area (Å²) < 4.78 is 50.4. The van der Waals surface area contributed by atoms with E-state index in [1.54, 1.807) is 20.8 Å². The van der Waals surface area contributed by atoms with E-state index >= 15 is 0 Å². The highest BCUT2D eigenvalue weighted by atomic mass is 35.5. The number of alkyl halides is 3. The highest BCUT2D eigenvalue weighted by Crippen LogP contribution is 2.37. The van der Waals surface area contributed by atoms with Crippen molar-refractivity contribution in [3.05, 3.63) is 35.1 Å². The van der Waals surface area contributed by atoms with E-state index in [1.807, 2.05) is 0 Å². The fraction of sp³-hybridized carbons (Fsp3) is 0.500. The molecule has 0 fully saturated rings. The molecule has 0 amide bonds. The molecule has 0 N–H and O–H groups in total. The molecule has 0 atom stereocenters. The van der Waals surface area contributed by atoms with Gasteiger partial charge in [-0.3, -0.25) is 0 Å². The normalized spacial score (nSPS) is 12.8. The molecule has 0 radical (unpaired) electrons. The van der Waals surface area contributed by atoms with Crippen LogP contribution in [0.4, 0.5) is 13.2 Å². The van der Waals surface area contributed by atoms with Gasteiger partial charge in [-0.05, 0) is 46.8 Å². The van der Waals surface area contributed by atoms with Gasteiger partial charge in [0.2, 0.25) is 5.88 Å². The molecule has 154 valence electrons. The van der Waals surface area contributed by atoms with Crippen molar-refractivity contribution in [3.63, 3.8) is 0 Å². The van der Waals surface area contributed by atoms with Crippen molar-refractivity contribution in [2.45, 2.75) is 46.4 Å². The number of pyridine rings is 1. The van der Waals surface area contributed by atoms with Crippen LogP contribution in [0.15, 0.2) is 24.4 Å². The van der Waals surface area contributed by atoms with Gasteiger partial charge in [-0.15, -0.1) is 5.10 Å². The predicted molar refractivity (Wildman–Crippen MR) is 96.9 cm³/mol. The summed E-state index contributed by atoms with van der Waals surface area (Å²) in [5.41, 5.74) is -2.61. The van der Waals surface area contributed by atoms with E-state index in [9.17, 15) is 18.0 Å². The Kier molecular flexibility index (Phi) is 5.98. The van der Waals surface area contributed by atoms with E-state index in [4.69, 9.17) is 21.1 Å². The molecule has 2 rings (SSSR count). The average Bonchev–Trinajstić information content (AvgIpc) is 2.99. The van der Waals surface area contributed by atoms with Crippen molar-refractivity contribution in [1.82, 2.24) is 14.8 Å². The van der Waals surface area contributed by atoms with E-state index in [0.29, 0.717) is 0 Å². The topological polar surface area (TPSA) is 66.2 Å². The Morgan fingerprint density at radius 3 is 2.32 bits per heavy atom. The molecule has 0 bridgehead atoms. The van der Waals surface area contributed by atoms with Gasteiger partial charge >= 0.3 is 12.1 Å². The second kappa shape index (κ2) is 7.62. The zero-order chi connectivity index (χ0) is 21.3. The fourth-order valence-corrected chi connectivity index (χ4v) is 2.11. The Hall–Kier alpha value is -2.29. The maximum Gasteiger partial charge on any atom is 0.397 e. The number of esters is 1. The number of rotatable bonds is 5. The minimum absolute atomic E-state index is 0.00599. The van der Waals surface area contributed by atoms with Gasteiger partial charge in [0.05, 0.1) is 11.0 Å². The standard InChI is InChI=1S/C18H21ClF3N3O3/c1-16(2,3)28-15(26)11-6-7-12(23-14(11)19)25-9-8-13(24-25)27-10-17(4,5)18(20,21)22/h6-9H,10H2,1-5H3. The lowest BCUT2D eigenvalue weighted by atomic mass is 9.94. The van der Waals surface area contributed by atoms with Crippen LogP contribution in [-0.2, 0) is 4.74 Å². The van der Waals surface area contributed by atoms with Crippen molar-refractivity contribution in [1.29, 1.82) is 0 Å². The summed E-state index contributed by atoms with van der Waals surface area (Å²) in [6, 6.07) is 4.33. The summed E-state index contributed by atoms with van der Waals surface area (Å²) >= 11 is 6.07. The van der Waals surface area contributed by atoms with Crippen molar-refractivity contribution < 1.29 is 27.4 Å². The molecule has 0 aliphatic heterocycles. The molecular formula is C18H21ClF3N3O3. The van der Waals surface area contributed by atoms with Crippen LogP contribution >= 0.6 is 11.6 Å². The summed E-state index contributed by atoms with van der Waals surface area (Å²) in [5, 5.41) is 3.95. The maximum atomic E-state index is 12.9. The van der Waals surface area contributed by atoms with Crippen molar-refractivity contribution in [2.75, 3.05) is 6.61 Å². The highest BCUT2D eigenvalue weighted by molar-refractivity contribution is 6.32. The third kappa shape index (κ3) is 5.37. The van der Waals surface area contributed by atoms with Crippen LogP contribution in [0, 0.1) is 5.41 Å². The van der Waals surface area contributed by atoms with Gasteiger partial charge in [0.25, 0.3) is 0 Å². The minimum atomic E-state index is -4.40. The van der Waals surface area contributed by atoms with E-state index in [1.165, 1.54) is 29.1 Å². The van der Waals surface area contributed by atoms with Crippen molar-refractivity contribution >= 4 is 17.6 Å². The molecule has 0 aliphatic rings. The van der Waals surface area contributed by atoms with Crippen molar-refractivity contribution in [3.8, 4) is 11.7 Å². The van der Waals surface area contributed by atoms with E-state index in [-0.39, 0.29) is 22.4 Å². The van der Waals surface area contributed by atoms with Gasteiger partial charge in [-0.25, -0.2) is 14.5 Å². The molecule has 0 unspecified atom stereocenters. The lowest BCUT2D eigenvalue weighted by molar-refractivity contribution is -0.219. The van der Waals surface area contributed by atoms with Gasteiger partial charge in [-0.1, -0.05) is 11.6 Å². The highest BCUT2D eigenvalue weighted by Gasteiger charge is 2.48. The molecule has 0 saturated heterocycles. The molecular weight excluding hydrogens is 399 g/mol. The maximum absolute atomic E-state index is 12.9. The number of hydrogen-bond acceptors (Lipinski definition) is 5. The summed E-state index contributed by atoms with van der Waals surface area (Å²) in [7, 11) is 0. The molecule has 2 heterocycles. The first kappa shape index (κ1) is 22.0. The van der Waals surface area contributed by atoms with Gasteiger partial charge in [0, 0.05) is 12.3 Å².